The Kier molecular flexibility index (Phi) is 6.90. The Balaban J connectivity index is 1.67. The van der Waals surface area contributed by atoms with Crippen molar-refractivity contribution in [1.82, 2.24) is 13.5 Å². The zero-order valence-electron chi connectivity index (χ0n) is 18.6. The minimum Gasteiger partial charge on any atom is -0.341 e. The van der Waals surface area contributed by atoms with E-state index in [1.54, 1.807) is 41.3 Å². The fraction of sp³-hybridized carbons (Fsp3) is 0.435. The van der Waals surface area contributed by atoms with Crippen LogP contribution < -0.4 is 0 Å². The van der Waals surface area contributed by atoms with Crippen molar-refractivity contribution in [3.8, 4) is 0 Å². The summed E-state index contributed by atoms with van der Waals surface area (Å²) in [6, 6.07) is 14.9. The molecular weight excluding hydrogens is 462 g/mol. The van der Waals surface area contributed by atoms with Gasteiger partial charge in [-0.05, 0) is 43.0 Å². The van der Waals surface area contributed by atoms with E-state index < -0.39 is 26.1 Å². The highest BCUT2D eigenvalue weighted by molar-refractivity contribution is 7.89. The van der Waals surface area contributed by atoms with Crippen LogP contribution >= 0.6 is 0 Å². The van der Waals surface area contributed by atoms with Crippen LogP contribution in [0, 0.1) is 5.92 Å². The summed E-state index contributed by atoms with van der Waals surface area (Å²) in [5.41, 5.74) is 0. The maximum Gasteiger partial charge on any atom is 0.243 e. The molecule has 0 spiro atoms. The number of piperidine rings is 1. The number of nitrogens with zero attached hydrogens (tertiary/aromatic N) is 3. The average Bonchev–Trinajstić information content (AvgIpc) is 2.84. The van der Waals surface area contributed by atoms with Gasteiger partial charge in [-0.2, -0.15) is 8.61 Å². The highest BCUT2D eigenvalue weighted by Gasteiger charge is 2.45. The third-order valence-electron chi connectivity index (χ3n) is 6.41. The molecule has 0 bridgehead atoms. The Hall–Kier alpha value is -2.27. The first-order valence-corrected chi connectivity index (χ1v) is 14.0. The summed E-state index contributed by atoms with van der Waals surface area (Å²) in [6.45, 7) is 2.88. The molecule has 178 valence electrons. The molecular formula is C23H29N3O5S2. The maximum absolute atomic E-state index is 13.6. The fourth-order valence-electron chi connectivity index (χ4n) is 4.36. The van der Waals surface area contributed by atoms with E-state index in [0.29, 0.717) is 19.0 Å². The second-order valence-corrected chi connectivity index (χ2v) is 12.5. The van der Waals surface area contributed by atoms with Gasteiger partial charge in [-0.15, -0.1) is 0 Å². The minimum atomic E-state index is -3.97. The van der Waals surface area contributed by atoms with E-state index in [0.717, 1.165) is 12.8 Å². The normalized spacial score (nSPS) is 21.7. The van der Waals surface area contributed by atoms with Crippen molar-refractivity contribution in [2.45, 2.75) is 35.6 Å². The van der Waals surface area contributed by atoms with Gasteiger partial charge >= 0.3 is 0 Å². The predicted octanol–water partition coefficient (Wildman–Crippen LogP) is 2.01. The van der Waals surface area contributed by atoms with Crippen LogP contribution in [-0.2, 0) is 24.8 Å². The van der Waals surface area contributed by atoms with Gasteiger partial charge in [-0.25, -0.2) is 16.8 Å². The molecule has 0 aromatic heterocycles. The van der Waals surface area contributed by atoms with Crippen molar-refractivity contribution < 1.29 is 21.6 Å². The predicted molar refractivity (Wildman–Crippen MR) is 124 cm³/mol. The van der Waals surface area contributed by atoms with Gasteiger partial charge in [-0.1, -0.05) is 43.3 Å². The molecule has 33 heavy (non-hydrogen) atoms. The van der Waals surface area contributed by atoms with Gasteiger partial charge in [0.15, 0.2) is 0 Å². The second kappa shape index (κ2) is 9.54. The molecule has 2 saturated heterocycles. The first-order valence-electron chi connectivity index (χ1n) is 11.1. The van der Waals surface area contributed by atoms with E-state index >= 15 is 0 Å². The summed E-state index contributed by atoms with van der Waals surface area (Å²) >= 11 is 0. The van der Waals surface area contributed by atoms with Crippen molar-refractivity contribution in [1.29, 1.82) is 0 Å². The van der Waals surface area contributed by atoms with Crippen LogP contribution in [0.25, 0.3) is 0 Å². The van der Waals surface area contributed by atoms with Gasteiger partial charge in [0.05, 0.1) is 9.79 Å². The number of carbonyl (C=O) groups excluding carboxylic acids is 1. The average molecular weight is 492 g/mol. The van der Waals surface area contributed by atoms with E-state index in [2.05, 4.69) is 6.92 Å². The van der Waals surface area contributed by atoms with Gasteiger partial charge < -0.3 is 4.90 Å². The SMILES string of the molecule is CC1CCN(C(=O)C2CN(S(=O)(=O)c3ccccc3)CCN2S(=O)(=O)c2ccccc2)CC1. The summed E-state index contributed by atoms with van der Waals surface area (Å²) in [7, 11) is -7.84. The second-order valence-electron chi connectivity index (χ2n) is 8.63. The van der Waals surface area contributed by atoms with E-state index in [-0.39, 0.29) is 35.3 Å². The maximum atomic E-state index is 13.6. The Labute approximate surface area is 195 Å². The standard InChI is InChI=1S/C23H29N3O5S2/c1-19-12-14-24(15-13-19)23(27)22-18-25(32(28,29)20-8-4-2-5-9-20)16-17-26(22)33(30,31)21-10-6-3-7-11-21/h2-11,19,22H,12-18H2,1H3. The summed E-state index contributed by atoms with van der Waals surface area (Å²) in [5, 5.41) is 0. The molecule has 0 saturated carbocycles. The molecule has 0 aliphatic carbocycles. The van der Waals surface area contributed by atoms with E-state index in [1.165, 1.54) is 32.9 Å². The van der Waals surface area contributed by atoms with Crippen LogP contribution in [0.1, 0.15) is 19.8 Å². The number of sulfonamides is 2. The molecule has 2 aromatic rings. The first-order chi connectivity index (χ1) is 15.7. The molecule has 2 aromatic carbocycles. The van der Waals surface area contributed by atoms with Gasteiger partial charge in [0.2, 0.25) is 26.0 Å². The van der Waals surface area contributed by atoms with Crippen LogP contribution in [0.4, 0.5) is 0 Å². The van der Waals surface area contributed by atoms with Crippen molar-refractivity contribution in [2.24, 2.45) is 5.92 Å². The number of carbonyl (C=O) groups is 1. The molecule has 2 heterocycles. The minimum absolute atomic E-state index is 0.0237. The molecule has 2 aliphatic rings. The fourth-order valence-corrected chi connectivity index (χ4v) is 7.40. The van der Waals surface area contributed by atoms with Crippen LogP contribution in [0.3, 0.4) is 0 Å². The van der Waals surface area contributed by atoms with Gasteiger partial charge in [0, 0.05) is 32.7 Å². The zero-order chi connectivity index (χ0) is 23.6. The van der Waals surface area contributed by atoms with Crippen LogP contribution in [0.5, 0.6) is 0 Å². The number of benzene rings is 2. The Bertz CT molecular complexity index is 1180. The van der Waals surface area contributed by atoms with Crippen molar-refractivity contribution in [3.63, 3.8) is 0 Å². The zero-order valence-corrected chi connectivity index (χ0v) is 20.2. The van der Waals surface area contributed by atoms with Crippen LogP contribution in [0.15, 0.2) is 70.5 Å². The Morgan fingerprint density at radius 1 is 0.758 bits per heavy atom. The number of hydrogen-bond donors (Lipinski definition) is 0. The number of likely N-dealkylation sites (tertiary alicyclic amines) is 1. The highest BCUT2D eigenvalue weighted by atomic mass is 32.2. The molecule has 1 atom stereocenters. The molecule has 2 aliphatic heterocycles. The largest absolute Gasteiger partial charge is 0.341 e. The molecule has 0 radical (unpaired) electrons. The topological polar surface area (TPSA) is 95.1 Å². The summed E-state index contributed by atoms with van der Waals surface area (Å²) in [6.07, 6.45) is 1.69. The molecule has 0 N–H and O–H groups in total. The lowest BCUT2D eigenvalue weighted by Gasteiger charge is -2.42. The smallest absolute Gasteiger partial charge is 0.243 e. The van der Waals surface area contributed by atoms with Crippen molar-refractivity contribution in [3.05, 3.63) is 60.7 Å². The van der Waals surface area contributed by atoms with Crippen LogP contribution in [0.2, 0.25) is 0 Å². The molecule has 1 amide bonds. The number of piperazine rings is 1. The summed E-state index contributed by atoms with van der Waals surface area (Å²) in [4.78, 5) is 15.5. The molecule has 2 fully saturated rings. The van der Waals surface area contributed by atoms with E-state index in [1.807, 2.05) is 0 Å². The van der Waals surface area contributed by atoms with Gasteiger partial charge in [0.1, 0.15) is 6.04 Å². The third-order valence-corrected chi connectivity index (χ3v) is 10.2. The molecule has 4 rings (SSSR count). The van der Waals surface area contributed by atoms with E-state index in [4.69, 9.17) is 0 Å². The lowest BCUT2D eigenvalue weighted by molar-refractivity contribution is -0.137. The van der Waals surface area contributed by atoms with Crippen molar-refractivity contribution >= 4 is 26.0 Å². The number of hydrogen-bond acceptors (Lipinski definition) is 5. The Morgan fingerprint density at radius 2 is 1.27 bits per heavy atom. The lowest BCUT2D eigenvalue weighted by Crippen LogP contribution is -2.62. The van der Waals surface area contributed by atoms with E-state index in [9.17, 15) is 21.6 Å². The van der Waals surface area contributed by atoms with Crippen molar-refractivity contribution in [2.75, 3.05) is 32.7 Å². The lowest BCUT2D eigenvalue weighted by atomic mass is 9.98. The monoisotopic (exact) mass is 491 g/mol. The van der Waals surface area contributed by atoms with Crippen LogP contribution in [-0.4, -0.2) is 75.0 Å². The number of amides is 1. The highest BCUT2D eigenvalue weighted by Crippen LogP contribution is 2.27. The van der Waals surface area contributed by atoms with Gasteiger partial charge in [-0.3, -0.25) is 4.79 Å². The van der Waals surface area contributed by atoms with Gasteiger partial charge in [0.25, 0.3) is 0 Å². The quantitative estimate of drug-likeness (QED) is 0.638. The Morgan fingerprint density at radius 3 is 1.82 bits per heavy atom. The summed E-state index contributed by atoms with van der Waals surface area (Å²) < 4.78 is 55.8. The number of rotatable bonds is 5. The molecule has 1 unspecified atom stereocenters. The first kappa shape index (κ1) is 23.9. The summed E-state index contributed by atoms with van der Waals surface area (Å²) in [5.74, 6) is 0.161. The third kappa shape index (κ3) is 4.84. The molecule has 10 heteroatoms. The molecule has 8 nitrogen and oxygen atoms in total.